The van der Waals surface area contributed by atoms with Crippen molar-refractivity contribution >= 4 is 12.0 Å². The van der Waals surface area contributed by atoms with Crippen LogP contribution >= 0.6 is 0 Å². The summed E-state index contributed by atoms with van der Waals surface area (Å²) in [4.78, 5) is 26.9. The average molecular weight is 311 g/mol. The molecule has 0 spiro atoms. The van der Waals surface area contributed by atoms with Gasteiger partial charge in [-0.1, -0.05) is 6.92 Å². The van der Waals surface area contributed by atoms with Crippen LogP contribution in [-0.4, -0.2) is 83.8 Å². The van der Waals surface area contributed by atoms with Crippen LogP contribution in [0.25, 0.3) is 0 Å². The van der Waals surface area contributed by atoms with E-state index >= 15 is 0 Å². The lowest BCUT2D eigenvalue weighted by atomic mass is 10.2. The van der Waals surface area contributed by atoms with E-state index in [1.807, 2.05) is 0 Å². The highest BCUT2D eigenvalue weighted by atomic mass is 19.4. The maximum Gasteiger partial charge on any atom is 0.401 e. The van der Waals surface area contributed by atoms with Crippen molar-refractivity contribution in [1.82, 2.24) is 14.7 Å². The van der Waals surface area contributed by atoms with Gasteiger partial charge >= 0.3 is 18.2 Å². The van der Waals surface area contributed by atoms with Gasteiger partial charge in [0, 0.05) is 33.2 Å². The number of hydrogen-bond acceptors (Lipinski definition) is 3. The molecule has 122 valence electrons. The summed E-state index contributed by atoms with van der Waals surface area (Å²) < 4.78 is 36.8. The van der Waals surface area contributed by atoms with E-state index in [2.05, 4.69) is 0 Å². The largest absolute Gasteiger partial charge is 0.480 e. The number of likely N-dealkylation sites (N-methyl/N-ethyl adjacent to an activating group) is 1. The number of carbonyl (C=O) groups is 2. The third-order valence-corrected chi connectivity index (χ3v) is 3.49. The molecule has 1 unspecified atom stereocenters. The number of aliphatic carboxylic acids is 1. The second kappa shape index (κ2) is 6.97. The third kappa shape index (κ3) is 5.07. The van der Waals surface area contributed by atoms with E-state index in [0.29, 0.717) is 0 Å². The number of rotatable bonds is 4. The predicted octanol–water partition coefficient (Wildman–Crippen LogP) is 1.08. The van der Waals surface area contributed by atoms with Gasteiger partial charge in [-0.25, -0.2) is 9.59 Å². The van der Waals surface area contributed by atoms with Crippen molar-refractivity contribution in [3.8, 4) is 0 Å². The summed E-state index contributed by atoms with van der Waals surface area (Å²) in [5.41, 5.74) is 0. The number of carbonyl (C=O) groups excluding carboxylic acids is 1. The number of nitrogens with zero attached hydrogens (tertiary/aromatic N) is 3. The van der Waals surface area contributed by atoms with Crippen molar-refractivity contribution in [1.29, 1.82) is 0 Å². The minimum absolute atomic E-state index is 0.128. The van der Waals surface area contributed by atoms with Crippen LogP contribution in [0.3, 0.4) is 0 Å². The monoisotopic (exact) mass is 311 g/mol. The Kier molecular flexibility index (Phi) is 5.82. The van der Waals surface area contributed by atoms with Crippen molar-refractivity contribution < 1.29 is 27.9 Å². The van der Waals surface area contributed by atoms with Crippen molar-refractivity contribution in [2.75, 3.05) is 39.8 Å². The third-order valence-electron chi connectivity index (χ3n) is 3.49. The Labute approximate surface area is 121 Å². The fraction of sp³-hybridized carbons (Fsp3) is 0.833. The van der Waals surface area contributed by atoms with Gasteiger partial charge in [-0.15, -0.1) is 0 Å². The molecule has 1 aliphatic heterocycles. The van der Waals surface area contributed by atoms with Crippen LogP contribution in [0.1, 0.15) is 13.3 Å². The zero-order valence-corrected chi connectivity index (χ0v) is 12.1. The first-order valence-electron chi connectivity index (χ1n) is 6.69. The Morgan fingerprint density at radius 3 is 2.14 bits per heavy atom. The molecular formula is C12H20F3N3O3. The summed E-state index contributed by atoms with van der Waals surface area (Å²) in [6.07, 6.45) is -3.98. The van der Waals surface area contributed by atoms with E-state index < -0.39 is 30.8 Å². The maximum absolute atomic E-state index is 12.3. The van der Waals surface area contributed by atoms with E-state index in [1.165, 1.54) is 16.8 Å². The molecule has 1 N–H and O–H groups in total. The topological polar surface area (TPSA) is 64.1 Å². The fourth-order valence-corrected chi connectivity index (χ4v) is 2.32. The van der Waals surface area contributed by atoms with Gasteiger partial charge in [0.2, 0.25) is 0 Å². The summed E-state index contributed by atoms with van der Waals surface area (Å²) in [7, 11) is 1.40. The zero-order valence-electron chi connectivity index (χ0n) is 12.1. The van der Waals surface area contributed by atoms with Crippen LogP contribution < -0.4 is 0 Å². The summed E-state index contributed by atoms with van der Waals surface area (Å²) >= 11 is 0. The van der Waals surface area contributed by atoms with Gasteiger partial charge in [-0.2, -0.15) is 13.2 Å². The molecule has 0 aromatic carbocycles. The van der Waals surface area contributed by atoms with Crippen molar-refractivity contribution in [3.63, 3.8) is 0 Å². The first-order chi connectivity index (χ1) is 9.65. The molecule has 9 heteroatoms. The minimum Gasteiger partial charge on any atom is -0.480 e. The Balaban J connectivity index is 2.53. The number of amides is 2. The highest BCUT2D eigenvalue weighted by molar-refractivity contribution is 5.82. The number of alkyl halides is 3. The number of carboxylic acids is 1. The lowest BCUT2D eigenvalue weighted by Gasteiger charge is -2.37. The average Bonchev–Trinajstić information content (AvgIpc) is 2.37. The van der Waals surface area contributed by atoms with Gasteiger partial charge in [0.15, 0.2) is 0 Å². The smallest absolute Gasteiger partial charge is 0.401 e. The lowest BCUT2D eigenvalue weighted by molar-refractivity contribution is -0.149. The van der Waals surface area contributed by atoms with Crippen molar-refractivity contribution in [3.05, 3.63) is 0 Å². The molecule has 1 aliphatic rings. The second-order valence-electron chi connectivity index (χ2n) is 5.03. The fourth-order valence-electron chi connectivity index (χ4n) is 2.32. The Bertz CT molecular complexity index is 382. The molecule has 0 bridgehead atoms. The van der Waals surface area contributed by atoms with Crippen LogP contribution in [0.2, 0.25) is 0 Å². The van der Waals surface area contributed by atoms with Crippen LogP contribution in [0, 0.1) is 0 Å². The first kappa shape index (κ1) is 17.5. The second-order valence-corrected chi connectivity index (χ2v) is 5.03. The summed E-state index contributed by atoms with van der Waals surface area (Å²) in [5.74, 6) is -1.09. The minimum atomic E-state index is -4.25. The quantitative estimate of drug-likeness (QED) is 0.844. The molecule has 1 saturated heterocycles. The van der Waals surface area contributed by atoms with Crippen LogP contribution in [0.4, 0.5) is 18.0 Å². The van der Waals surface area contributed by atoms with Gasteiger partial charge in [0.25, 0.3) is 0 Å². The number of urea groups is 1. The van der Waals surface area contributed by atoms with E-state index in [1.54, 1.807) is 6.92 Å². The van der Waals surface area contributed by atoms with Crippen LogP contribution in [0.5, 0.6) is 0 Å². The van der Waals surface area contributed by atoms with E-state index in [9.17, 15) is 22.8 Å². The molecule has 0 aliphatic carbocycles. The Morgan fingerprint density at radius 2 is 1.76 bits per heavy atom. The van der Waals surface area contributed by atoms with Gasteiger partial charge in [0.05, 0.1) is 6.54 Å². The van der Waals surface area contributed by atoms with Crippen LogP contribution in [-0.2, 0) is 4.79 Å². The normalized spacial score (nSPS) is 18.4. The van der Waals surface area contributed by atoms with Crippen molar-refractivity contribution in [2.45, 2.75) is 25.6 Å². The highest BCUT2D eigenvalue weighted by Gasteiger charge is 2.34. The van der Waals surface area contributed by atoms with Gasteiger partial charge in [-0.05, 0) is 6.42 Å². The molecule has 0 aromatic rings. The molecule has 21 heavy (non-hydrogen) atoms. The molecule has 1 heterocycles. The molecule has 6 nitrogen and oxygen atoms in total. The SMILES string of the molecule is CCC(C(=O)O)N(C)C(=O)N1CCN(CC(F)(F)F)CC1. The van der Waals surface area contributed by atoms with Gasteiger partial charge in [-0.3, -0.25) is 4.90 Å². The first-order valence-corrected chi connectivity index (χ1v) is 6.69. The molecule has 0 aromatic heterocycles. The van der Waals surface area contributed by atoms with Crippen LogP contribution in [0.15, 0.2) is 0 Å². The van der Waals surface area contributed by atoms with Gasteiger partial charge < -0.3 is 14.9 Å². The molecular weight excluding hydrogens is 291 g/mol. The molecule has 1 fully saturated rings. The molecule has 0 radical (unpaired) electrons. The van der Waals surface area contributed by atoms with E-state index in [4.69, 9.17) is 5.11 Å². The predicted molar refractivity (Wildman–Crippen MR) is 68.9 cm³/mol. The Morgan fingerprint density at radius 1 is 1.24 bits per heavy atom. The molecule has 1 atom stereocenters. The number of piperazine rings is 1. The summed E-state index contributed by atoms with van der Waals surface area (Å²) in [6.45, 7) is 1.25. The standard InChI is InChI=1S/C12H20F3N3O3/c1-3-9(10(19)20)16(2)11(21)18-6-4-17(5-7-18)8-12(13,14)15/h9H,3-8H2,1-2H3,(H,19,20). The zero-order chi connectivity index (χ0) is 16.2. The number of carboxylic acid groups (broad SMARTS) is 1. The lowest BCUT2D eigenvalue weighted by Crippen LogP contribution is -2.55. The summed E-state index contributed by atoms with van der Waals surface area (Å²) in [5, 5.41) is 9.01. The summed E-state index contributed by atoms with van der Waals surface area (Å²) in [6, 6.07) is -1.39. The number of hydrogen-bond donors (Lipinski definition) is 1. The van der Waals surface area contributed by atoms with Crippen molar-refractivity contribution in [2.24, 2.45) is 0 Å². The molecule has 2 amide bonds. The molecule has 0 saturated carbocycles. The maximum atomic E-state index is 12.3. The van der Waals surface area contributed by atoms with Gasteiger partial charge in [0.1, 0.15) is 6.04 Å². The molecule has 1 rings (SSSR count). The number of halogens is 3. The van der Waals surface area contributed by atoms with E-state index in [0.717, 1.165) is 4.90 Å². The highest BCUT2D eigenvalue weighted by Crippen LogP contribution is 2.18. The Hall–Kier alpha value is -1.51. The van der Waals surface area contributed by atoms with E-state index in [-0.39, 0.29) is 32.6 Å².